The number of nitrogens with zero attached hydrogens (tertiary/aromatic N) is 1. The summed E-state index contributed by atoms with van der Waals surface area (Å²) in [6.07, 6.45) is 0. The Morgan fingerprint density at radius 3 is 2.17 bits per heavy atom. The molecule has 3 N–H and O–H groups in total. The maximum atomic E-state index is 12.1. The zero-order valence-corrected chi connectivity index (χ0v) is 13.8. The Morgan fingerprint density at radius 2 is 1.61 bits per heavy atom. The highest BCUT2D eigenvalue weighted by atomic mass is 16.2. The number of carbonyl (C=O) groups is 3. The van der Waals surface area contributed by atoms with Gasteiger partial charge in [0.25, 0.3) is 0 Å². The number of benzene rings is 1. The van der Waals surface area contributed by atoms with Crippen LogP contribution in [-0.4, -0.2) is 48.8 Å². The van der Waals surface area contributed by atoms with Crippen molar-refractivity contribution in [1.82, 2.24) is 10.2 Å². The van der Waals surface area contributed by atoms with Crippen molar-refractivity contribution >= 4 is 29.1 Å². The molecule has 0 atom stereocenters. The van der Waals surface area contributed by atoms with Gasteiger partial charge in [0.15, 0.2) is 0 Å². The lowest BCUT2D eigenvalue weighted by Gasteiger charge is -2.19. The van der Waals surface area contributed by atoms with Crippen molar-refractivity contribution in [3.63, 3.8) is 0 Å². The first-order chi connectivity index (χ1) is 10.9. The molecule has 0 saturated carbocycles. The lowest BCUT2D eigenvalue weighted by molar-refractivity contribution is -0.123. The highest BCUT2D eigenvalue weighted by Gasteiger charge is 2.13. The van der Waals surface area contributed by atoms with Crippen LogP contribution in [0.5, 0.6) is 0 Å². The molecule has 0 fully saturated rings. The van der Waals surface area contributed by atoms with E-state index in [0.717, 1.165) is 0 Å². The van der Waals surface area contributed by atoms with Crippen LogP contribution in [0, 0.1) is 0 Å². The van der Waals surface area contributed by atoms with E-state index in [9.17, 15) is 14.4 Å². The number of rotatable bonds is 8. The van der Waals surface area contributed by atoms with E-state index in [1.54, 1.807) is 29.2 Å². The number of hydrogen-bond donors (Lipinski definition) is 3. The molecule has 0 unspecified atom stereocenters. The van der Waals surface area contributed by atoms with Crippen LogP contribution in [0.15, 0.2) is 24.3 Å². The van der Waals surface area contributed by atoms with E-state index in [4.69, 9.17) is 0 Å². The molecule has 0 aliphatic heterocycles. The summed E-state index contributed by atoms with van der Waals surface area (Å²) in [4.78, 5) is 36.4. The molecule has 0 saturated heterocycles. The predicted molar refractivity (Wildman–Crippen MR) is 90.2 cm³/mol. The van der Waals surface area contributed by atoms with Gasteiger partial charge in [0.05, 0.1) is 13.1 Å². The van der Waals surface area contributed by atoms with Crippen molar-refractivity contribution in [2.75, 3.05) is 36.8 Å². The first-order valence-corrected chi connectivity index (χ1v) is 7.61. The monoisotopic (exact) mass is 320 g/mol. The molecule has 0 heterocycles. The van der Waals surface area contributed by atoms with Crippen molar-refractivity contribution < 1.29 is 14.4 Å². The average molecular weight is 320 g/mol. The van der Waals surface area contributed by atoms with Crippen LogP contribution in [0.3, 0.4) is 0 Å². The van der Waals surface area contributed by atoms with Crippen LogP contribution >= 0.6 is 0 Å². The Bertz CT molecular complexity index is 560. The standard InChI is InChI=1S/C16H24N4O3/c1-4-17-15(22)10-20(5-2)11-16(23)19-14-8-6-7-13(9-14)18-12(3)21/h6-9H,4-5,10-11H2,1-3H3,(H,17,22)(H,18,21)(H,19,23). The van der Waals surface area contributed by atoms with Crippen molar-refractivity contribution in [1.29, 1.82) is 0 Å². The molecular formula is C16H24N4O3. The molecule has 0 aliphatic carbocycles. The van der Waals surface area contributed by atoms with Crippen LogP contribution in [0.1, 0.15) is 20.8 Å². The number of likely N-dealkylation sites (N-methyl/N-ethyl adjacent to an activating group) is 2. The summed E-state index contributed by atoms with van der Waals surface area (Å²) < 4.78 is 0. The predicted octanol–water partition coefficient (Wildman–Crippen LogP) is 1.04. The van der Waals surface area contributed by atoms with Crippen LogP contribution in [-0.2, 0) is 14.4 Å². The second kappa shape index (κ2) is 9.58. The summed E-state index contributed by atoms with van der Waals surface area (Å²) in [5.41, 5.74) is 1.21. The summed E-state index contributed by atoms with van der Waals surface area (Å²) >= 11 is 0. The molecule has 1 aromatic rings. The third-order valence-corrected chi connectivity index (χ3v) is 3.02. The fourth-order valence-electron chi connectivity index (χ4n) is 2.02. The minimum Gasteiger partial charge on any atom is -0.355 e. The topological polar surface area (TPSA) is 90.5 Å². The third kappa shape index (κ3) is 7.42. The SMILES string of the molecule is CCNC(=O)CN(CC)CC(=O)Nc1cccc(NC(C)=O)c1. The zero-order chi connectivity index (χ0) is 17.2. The van der Waals surface area contributed by atoms with E-state index in [1.165, 1.54) is 6.92 Å². The van der Waals surface area contributed by atoms with Crippen molar-refractivity contribution in [3.05, 3.63) is 24.3 Å². The van der Waals surface area contributed by atoms with Gasteiger partial charge in [-0.05, 0) is 31.7 Å². The first kappa shape index (κ1) is 18.6. The number of carbonyl (C=O) groups excluding carboxylic acids is 3. The second-order valence-corrected chi connectivity index (χ2v) is 5.07. The molecule has 23 heavy (non-hydrogen) atoms. The molecule has 0 bridgehead atoms. The van der Waals surface area contributed by atoms with Crippen molar-refractivity contribution in [2.24, 2.45) is 0 Å². The molecule has 0 aliphatic rings. The van der Waals surface area contributed by atoms with E-state index < -0.39 is 0 Å². The van der Waals surface area contributed by atoms with Crippen LogP contribution in [0.2, 0.25) is 0 Å². The quantitative estimate of drug-likeness (QED) is 0.667. The second-order valence-electron chi connectivity index (χ2n) is 5.07. The average Bonchev–Trinajstić information content (AvgIpc) is 2.46. The normalized spacial score (nSPS) is 10.3. The minimum atomic E-state index is -0.212. The maximum absolute atomic E-state index is 12.1. The smallest absolute Gasteiger partial charge is 0.238 e. The number of hydrogen-bond acceptors (Lipinski definition) is 4. The molecule has 0 spiro atoms. The van der Waals surface area contributed by atoms with Gasteiger partial charge in [-0.15, -0.1) is 0 Å². The molecule has 7 nitrogen and oxygen atoms in total. The largest absolute Gasteiger partial charge is 0.355 e. The van der Waals surface area contributed by atoms with Gasteiger partial charge < -0.3 is 16.0 Å². The Balaban J connectivity index is 2.57. The molecule has 0 radical (unpaired) electrons. The summed E-state index contributed by atoms with van der Waals surface area (Å²) in [5.74, 6) is -0.487. The molecule has 1 aromatic carbocycles. The minimum absolute atomic E-state index is 0.102. The van der Waals surface area contributed by atoms with Gasteiger partial charge in [0, 0.05) is 24.8 Å². The highest BCUT2D eigenvalue weighted by Crippen LogP contribution is 2.15. The summed E-state index contributed by atoms with van der Waals surface area (Å²) in [6.45, 7) is 6.63. The molecule has 7 heteroatoms. The van der Waals surface area contributed by atoms with Gasteiger partial charge in [-0.2, -0.15) is 0 Å². The van der Waals surface area contributed by atoms with Crippen molar-refractivity contribution in [3.8, 4) is 0 Å². The van der Waals surface area contributed by atoms with Gasteiger partial charge >= 0.3 is 0 Å². The van der Waals surface area contributed by atoms with E-state index in [2.05, 4.69) is 16.0 Å². The lowest BCUT2D eigenvalue weighted by atomic mass is 10.2. The number of anilines is 2. The molecule has 0 aromatic heterocycles. The lowest BCUT2D eigenvalue weighted by Crippen LogP contribution is -2.41. The maximum Gasteiger partial charge on any atom is 0.238 e. The van der Waals surface area contributed by atoms with E-state index in [-0.39, 0.29) is 30.8 Å². The van der Waals surface area contributed by atoms with Crippen LogP contribution < -0.4 is 16.0 Å². The Labute approximate surface area is 136 Å². The third-order valence-electron chi connectivity index (χ3n) is 3.02. The fraction of sp³-hybridized carbons (Fsp3) is 0.438. The first-order valence-electron chi connectivity index (χ1n) is 7.61. The Morgan fingerprint density at radius 1 is 1.00 bits per heavy atom. The molecule has 1 rings (SSSR count). The number of nitrogens with one attached hydrogen (secondary N) is 3. The summed E-state index contributed by atoms with van der Waals surface area (Å²) in [5, 5.41) is 8.13. The van der Waals surface area contributed by atoms with Crippen LogP contribution in [0.25, 0.3) is 0 Å². The molecular weight excluding hydrogens is 296 g/mol. The summed E-state index contributed by atoms with van der Waals surface area (Å²) in [6, 6.07) is 6.90. The van der Waals surface area contributed by atoms with E-state index >= 15 is 0 Å². The van der Waals surface area contributed by atoms with Gasteiger partial charge in [0.1, 0.15) is 0 Å². The molecule has 3 amide bonds. The highest BCUT2D eigenvalue weighted by molar-refractivity contribution is 5.94. The van der Waals surface area contributed by atoms with Crippen LogP contribution in [0.4, 0.5) is 11.4 Å². The Hall–Kier alpha value is -2.41. The van der Waals surface area contributed by atoms with Gasteiger partial charge in [-0.3, -0.25) is 19.3 Å². The summed E-state index contributed by atoms with van der Waals surface area (Å²) in [7, 11) is 0. The van der Waals surface area contributed by atoms with Crippen molar-refractivity contribution in [2.45, 2.75) is 20.8 Å². The number of amides is 3. The van der Waals surface area contributed by atoms with E-state index in [0.29, 0.717) is 24.5 Å². The fourth-order valence-corrected chi connectivity index (χ4v) is 2.02. The van der Waals surface area contributed by atoms with Gasteiger partial charge in [-0.1, -0.05) is 13.0 Å². The van der Waals surface area contributed by atoms with Gasteiger partial charge in [-0.25, -0.2) is 0 Å². The Kier molecular flexibility index (Phi) is 7.76. The van der Waals surface area contributed by atoms with E-state index in [1.807, 2.05) is 13.8 Å². The van der Waals surface area contributed by atoms with Gasteiger partial charge in [0.2, 0.25) is 17.7 Å². The molecule has 126 valence electrons. The zero-order valence-electron chi connectivity index (χ0n) is 13.8.